The highest BCUT2D eigenvalue weighted by Crippen LogP contribution is 2.33. The Bertz CT molecular complexity index is 909. The Hall–Kier alpha value is -3.34. The number of anilines is 2. The van der Waals surface area contributed by atoms with Crippen LogP contribution >= 0.6 is 0 Å². The lowest BCUT2D eigenvalue weighted by atomic mass is 9.85. The Kier molecular flexibility index (Phi) is 5.17. The first-order chi connectivity index (χ1) is 12.5. The van der Waals surface area contributed by atoms with Crippen molar-refractivity contribution in [1.29, 1.82) is 0 Å². The summed E-state index contributed by atoms with van der Waals surface area (Å²) in [6.45, 7) is 0. The second kappa shape index (κ2) is 7.70. The summed E-state index contributed by atoms with van der Waals surface area (Å²) < 4.78 is 0. The molecular weight excluding hydrogens is 324 g/mol. The highest BCUT2D eigenvalue weighted by atomic mass is 16.1. The number of benzene rings is 2. The highest BCUT2D eigenvalue weighted by Gasteiger charge is 2.18. The summed E-state index contributed by atoms with van der Waals surface area (Å²) in [7, 11) is 0. The van der Waals surface area contributed by atoms with E-state index in [1.807, 2.05) is 42.5 Å². The molecule has 1 unspecified atom stereocenters. The number of carbonyl (C=O) groups is 1. The van der Waals surface area contributed by atoms with E-state index in [4.69, 9.17) is 17.2 Å². The van der Waals surface area contributed by atoms with Crippen LogP contribution in [0.4, 0.5) is 11.5 Å². The topological polar surface area (TPSA) is 108 Å². The molecule has 0 bridgehead atoms. The van der Waals surface area contributed by atoms with Crippen LogP contribution in [0.5, 0.6) is 0 Å². The lowest BCUT2D eigenvalue weighted by Gasteiger charge is -2.20. The molecule has 3 aromatic rings. The number of aromatic nitrogens is 1. The van der Waals surface area contributed by atoms with E-state index < -0.39 is 5.91 Å². The van der Waals surface area contributed by atoms with Crippen molar-refractivity contribution in [3.05, 3.63) is 89.1 Å². The second-order valence-corrected chi connectivity index (χ2v) is 6.30. The standard InChI is InChI=1S/C21H22N4O/c22-19-13-25-20(23)12-18(19)17(15-6-2-1-3-7-15)10-9-14-5-4-8-16(11-14)21(24)26/h1-8,11-13,17H,9-10,22H2,(H2,23,25)(H2,24,26). The van der Waals surface area contributed by atoms with Crippen molar-refractivity contribution in [1.82, 2.24) is 4.98 Å². The minimum absolute atomic E-state index is 0.0822. The molecule has 132 valence electrons. The fourth-order valence-corrected chi connectivity index (χ4v) is 3.18. The van der Waals surface area contributed by atoms with Crippen LogP contribution in [0.1, 0.15) is 39.4 Å². The smallest absolute Gasteiger partial charge is 0.248 e. The van der Waals surface area contributed by atoms with E-state index in [1.54, 1.807) is 12.3 Å². The van der Waals surface area contributed by atoms with Crippen molar-refractivity contribution in [2.75, 3.05) is 11.5 Å². The summed E-state index contributed by atoms with van der Waals surface area (Å²) in [6, 6.07) is 19.4. The number of pyridine rings is 1. The zero-order chi connectivity index (χ0) is 18.5. The van der Waals surface area contributed by atoms with Crippen molar-refractivity contribution in [3.8, 4) is 0 Å². The molecule has 0 aliphatic rings. The molecule has 0 radical (unpaired) electrons. The molecule has 6 N–H and O–H groups in total. The van der Waals surface area contributed by atoms with Gasteiger partial charge in [0.15, 0.2) is 0 Å². The van der Waals surface area contributed by atoms with E-state index in [0.717, 1.165) is 29.5 Å². The first-order valence-electron chi connectivity index (χ1n) is 8.49. The maximum Gasteiger partial charge on any atom is 0.248 e. The summed E-state index contributed by atoms with van der Waals surface area (Å²) in [4.78, 5) is 15.5. The molecule has 5 heteroatoms. The molecule has 0 spiro atoms. The molecule has 1 heterocycles. The van der Waals surface area contributed by atoms with E-state index in [9.17, 15) is 4.79 Å². The third-order valence-electron chi connectivity index (χ3n) is 4.50. The van der Waals surface area contributed by atoms with Crippen LogP contribution in [0.15, 0.2) is 66.9 Å². The Labute approximate surface area is 152 Å². The molecule has 0 saturated carbocycles. The van der Waals surface area contributed by atoms with Crippen molar-refractivity contribution >= 4 is 17.4 Å². The van der Waals surface area contributed by atoms with Gasteiger partial charge in [0.25, 0.3) is 0 Å². The zero-order valence-corrected chi connectivity index (χ0v) is 14.4. The van der Waals surface area contributed by atoms with Crippen LogP contribution < -0.4 is 17.2 Å². The number of amides is 1. The molecule has 1 atom stereocenters. The third-order valence-corrected chi connectivity index (χ3v) is 4.50. The van der Waals surface area contributed by atoms with Crippen LogP contribution in [0.25, 0.3) is 0 Å². The summed E-state index contributed by atoms with van der Waals surface area (Å²) in [5.74, 6) is 0.113. The van der Waals surface area contributed by atoms with Crippen LogP contribution in [0.3, 0.4) is 0 Å². The number of primary amides is 1. The molecule has 2 aromatic carbocycles. The van der Waals surface area contributed by atoms with Gasteiger partial charge in [-0.15, -0.1) is 0 Å². The number of aryl methyl sites for hydroxylation is 1. The quantitative estimate of drug-likeness (QED) is 0.637. The lowest BCUT2D eigenvalue weighted by Crippen LogP contribution is -2.11. The number of nitrogen functional groups attached to an aromatic ring is 2. The minimum atomic E-state index is -0.419. The third kappa shape index (κ3) is 4.00. The number of nitrogens with zero attached hydrogens (tertiary/aromatic N) is 1. The van der Waals surface area contributed by atoms with E-state index in [2.05, 4.69) is 17.1 Å². The molecule has 5 nitrogen and oxygen atoms in total. The Balaban J connectivity index is 1.91. The van der Waals surface area contributed by atoms with Crippen molar-refractivity contribution in [2.24, 2.45) is 5.73 Å². The average Bonchev–Trinajstić information content (AvgIpc) is 2.65. The van der Waals surface area contributed by atoms with E-state index in [-0.39, 0.29) is 5.92 Å². The maximum atomic E-state index is 11.4. The first-order valence-corrected chi connectivity index (χ1v) is 8.49. The Morgan fingerprint density at radius 1 is 1.00 bits per heavy atom. The van der Waals surface area contributed by atoms with Gasteiger partial charge in [0.1, 0.15) is 5.82 Å². The van der Waals surface area contributed by atoms with Gasteiger partial charge < -0.3 is 17.2 Å². The average molecular weight is 346 g/mol. The SMILES string of the molecule is NC(=O)c1cccc(CCC(c2ccccc2)c2cc(N)ncc2N)c1. The normalized spacial score (nSPS) is 11.8. The van der Waals surface area contributed by atoms with E-state index >= 15 is 0 Å². The summed E-state index contributed by atoms with van der Waals surface area (Å²) in [6.07, 6.45) is 3.20. The minimum Gasteiger partial charge on any atom is -0.397 e. The molecule has 3 rings (SSSR count). The highest BCUT2D eigenvalue weighted by molar-refractivity contribution is 5.92. The summed E-state index contributed by atoms with van der Waals surface area (Å²) >= 11 is 0. The molecule has 0 aliphatic carbocycles. The number of carbonyl (C=O) groups excluding carboxylic acids is 1. The van der Waals surface area contributed by atoms with Gasteiger partial charge >= 0.3 is 0 Å². The fraction of sp³-hybridized carbons (Fsp3) is 0.143. The molecular formula is C21H22N4O. The van der Waals surface area contributed by atoms with Crippen LogP contribution in [-0.4, -0.2) is 10.9 Å². The number of hydrogen-bond acceptors (Lipinski definition) is 4. The molecule has 0 aliphatic heterocycles. The van der Waals surface area contributed by atoms with Gasteiger partial charge in [-0.25, -0.2) is 4.98 Å². The second-order valence-electron chi connectivity index (χ2n) is 6.30. The van der Waals surface area contributed by atoms with Gasteiger partial charge in [0, 0.05) is 11.5 Å². The van der Waals surface area contributed by atoms with Gasteiger partial charge in [0.05, 0.1) is 11.9 Å². The van der Waals surface area contributed by atoms with Gasteiger partial charge in [-0.05, 0) is 47.7 Å². The van der Waals surface area contributed by atoms with Gasteiger partial charge in [0.2, 0.25) is 5.91 Å². The van der Waals surface area contributed by atoms with E-state index in [0.29, 0.717) is 17.1 Å². The van der Waals surface area contributed by atoms with Crippen LogP contribution in [0, 0.1) is 0 Å². The zero-order valence-electron chi connectivity index (χ0n) is 14.4. The monoisotopic (exact) mass is 346 g/mol. The lowest BCUT2D eigenvalue weighted by molar-refractivity contribution is 0.1000. The van der Waals surface area contributed by atoms with Crippen molar-refractivity contribution < 1.29 is 4.79 Å². The largest absolute Gasteiger partial charge is 0.397 e. The molecule has 26 heavy (non-hydrogen) atoms. The Morgan fingerprint density at radius 3 is 2.50 bits per heavy atom. The summed E-state index contributed by atoms with van der Waals surface area (Å²) in [5, 5.41) is 0. The molecule has 1 aromatic heterocycles. The number of hydrogen-bond donors (Lipinski definition) is 3. The molecule has 0 saturated heterocycles. The predicted molar refractivity (Wildman–Crippen MR) is 105 cm³/mol. The van der Waals surface area contributed by atoms with Gasteiger partial charge in [-0.3, -0.25) is 4.79 Å². The van der Waals surface area contributed by atoms with E-state index in [1.165, 1.54) is 0 Å². The van der Waals surface area contributed by atoms with Crippen LogP contribution in [-0.2, 0) is 6.42 Å². The number of rotatable bonds is 6. The summed E-state index contributed by atoms with van der Waals surface area (Å²) in [5.41, 5.74) is 21.8. The Morgan fingerprint density at radius 2 is 1.77 bits per heavy atom. The van der Waals surface area contributed by atoms with Gasteiger partial charge in [-0.2, -0.15) is 0 Å². The predicted octanol–water partition coefficient (Wildman–Crippen LogP) is 3.11. The fourth-order valence-electron chi connectivity index (χ4n) is 3.18. The molecule has 0 fully saturated rings. The van der Waals surface area contributed by atoms with Crippen LogP contribution in [0.2, 0.25) is 0 Å². The van der Waals surface area contributed by atoms with Crippen molar-refractivity contribution in [3.63, 3.8) is 0 Å². The molecule has 1 amide bonds. The first kappa shape index (κ1) is 17.5. The van der Waals surface area contributed by atoms with Crippen molar-refractivity contribution in [2.45, 2.75) is 18.8 Å². The number of nitrogens with two attached hydrogens (primary N) is 3. The van der Waals surface area contributed by atoms with Gasteiger partial charge in [-0.1, -0.05) is 42.5 Å². The maximum absolute atomic E-state index is 11.4.